The zero-order valence-electron chi connectivity index (χ0n) is 3.42. The molecule has 0 radical (unpaired) electrons. The van der Waals surface area contributed by atoms with Crippen LogP contribution in [0.1, 0.15) is 0 Å². The van der Waals surface area contributed by atoms with Gasteiger partial charge in [-0.1, -0.05) is 0 Å². The van der Waals surface area contributed by atoms with Crippen LogP contribution in [0.3, 0.4) is 0 Å². The maximum atomic E-state index is 8.36. The van der Waals surface area contributed by atoms with Crippen molar-refractivity contribution >= 4 is 45.5 Å². The first-order valence-electron chi connectivity index (χ1n) is 1.13. The van der Waals surface area contributed by atoms with Crippen LogP contribution in [0.4, 0.5) is 0 Å². The van der Waals surface area contributed by atoms with Crippen LogP contribution in [0.15, 0.2) is 0 Å². The summed E-state index contributed by atoms with van der Waals surface area (Å²) < 4.78 is 0. The Hall–Kier alpha value is -0.119. The third kappa shape index (κ3) is 19100. The molecule has 0 aliphatic carbocycles. The maximum absolute atomic E-state index is 8.36. The Kier molecular flexibility index (Phi) is 19.1. The van der Waals surface area contributed by atoms with Crippen LogP contribution in [0.25, 0.3) is 0 Å². The van der Waals surface area contributed by atoms with E-state index in [0.717, 1.165) is 0 Å². The van der Waals surface area contributed by atoms with Crippen LogP contribution in [-0.2, 0) is 0 Å². The minimum absolute atomic E-state index is 0. The van der Waals surface area contributed by atoms with Gasteiger partial charge in [0.25, 0.3) is 10.2 Å². The Balaban J connectivity index is -0.0000000720. The molecular formula is H4N2O6Sr. The third-order valence-electron chi connectivity index (χ3n) is 0. The standard InChI is InChI=1S/2HNO3.Sr.2H/c2*2-1(3)4;;;/h2*(H,2,3,4);;;. The summed E-state index contributed by atoms with van der Waals surface area (Å²) in [4.78, 5) is 16.7. The molecule has 0 saturated carbocycles. The molecule has 0 unspecified atom stereocenters. The average molecular weight is 216 g/mol. The number of rotatable bonds is 0. The van der Waals surface area contributed by atoms with Crippen LogP contribution in [-0.4, -0.2) is 66.1 Å². The minimum atomic E-state index is -1.50. The van der Waals surface area contributed by atoms with Crippen molar-refractivity contribution in [2.45, 2.75) is 0 Å². The molecule has 0 aromatic carbocycles. The Bertz CT molecular complexity index is 69.1. The molecule has 0 heterocycles. The summed E-state index contributed by atoms with van der Waals surface area (Å²) in [6, 6.07) is 0. The van der Waals surface area contributed by atoms with Gasteiger partial charge in [-0.2, -0.15) is 0 Å². The van der Waals surface area contributed by atoms with Crippen LogP contribution in [0.5, 0.6) is 0 Å². The van der Waals surface area contributed by atoms with Gasteiger partial charge in [0.1, 0.15) is 0 Å². The van der Waals surface area contributed by atoms with Gasteiger partial charge in [0, 0.05) is 0 Å². The molecule has 52 valence electrons. The molecule has 0 saturated heterocycles. The van der Waals surface area contributed by atoms with Gasteiger partial charge in [0.05, 0.1) is 0 Å². The summed E-state index contributed by atoms with van der Waals surface area (Å²) in [5.41, 5.74) is 0. The van der Waals surface area contributed by atoms with E-state index >= 15 is 0 Å². The van der Waals surface area contributed by atoms with Gasteiger partial charge in [-0.05, 0) is 0 Å². The van der Waals surface area contributed by atoms with Gasteiger partial charge in [-0.25, -0.2) is 0 Å². The summed E-state index contributed by atoms with van der Waals surface area (Å²) in [7, 11) is 0. The van der Waals surface area contributed by atoms with E-state index in [1.165, 1.54) is 0 Å². The Labute approximate surface area is 85.6 Å². The molecule has 0 spiro atoms. The molecule has 0 atom stereocenters. The third-order valence-corrected chi connectivity index (χ3v) is 0. The van der Waals surface area contributed by atoms with Crippen molar-refractivity contribution in [3.05, 3.63) is 20.2 Å². The van der Waals surface area contributed by atoms with Crippen molar-refractivity contribution in [3.63, 3.8) is 0 Å². The molecule has 0 aromatic heterocycles. The predicted molar refractivity (Wildman–Crippen MR) is 26.1 cm³/mol. The van der Waals surface area contributed by atoms with Gasteiger partial charge >= 0.3 is 45.5 Å². The molecule has 9 heavy (non-hydrogen) atoms. The van der Waals surface area contributed by atoms with Gasteiger partial charge < -0.3 is 10.4 Å². The first-order chi connectivity index (χ1) is 3.46. The molecule has 0 rings (SSSR count). The van der Waals surface area contributed by atoms with Crippen LogP contribution in [0, 0.1) is 20.2 Å². The summed E-state index contributed by atoms with van der Waals surface area (Å²) in [5.74, 6) is 0. The van der Waals surface area contributed by atoms with Crippen molar-refractivity contribution in [2.24, 2.45) is 0 Å². The summed E-state index contributed by atoms with van der Waals surface area (Å²) >= 11 is 0. The Morgan fingerprint density at radius 2 is 1.00 bits per heavy atom. The van der Waals surface area contributed by atoms with E-state index in [4.69, 9.17) is 30.6 Å². The van der Waals surface area contributed by atoms with E-state index < -0.39 is 10.2 Å². The number of hydrogen-bond donors (Lipinski definition) is 2. The second-order valence-corrected chi connectivity index (χ2v) is 0.476. The van der Waals surface area contributed by atoms with Crippen molar-refractivity contribution in [3.8, 4) is 0 Å². The molecule has 0 aliphatic rings. The zero-order chi connectivity index (χ0) is 7.15. The van der Waals surface area contributed by atoms with Gasteiger partial charge in [0.15, 0.2) is 0 Å². The topological polar surface area (TPSA) is 127 Å². The molecule has 0 fully saturated rings. The van der Waals surface area contributed by atoms with Gasteiger partial charge in [-0.3, -0.25) is 0 Å². The second kappa shape index (κ2) is 10.8. The molecule has 0 aromatic rings. The van der Waals surface area contributed by atoms with Crippen LogP contribution >= 0.6 is 0 Å². The number of nitrogens with zero attached hydrogens (tertiary/aromatic N) is 2. The van der Waals surface area contributed by atoms with Gasteiger partial charge in [-0.15, -0.1) is 20.2 Å². The first kappa shape index (κ1) is 15.9. The first-order valence-corrected chi connectivity index (χ1v) is 1.13. The van der Waals surface area contributed by atoms with E-state index in [2.05, 4.69) is 0 Å². The molecule has 0 amide bonds. The normalized spacial score (nSPS) is 5.33. The summed E-state index contributed by atoms with van der Waals surface area (Å²) in [6.07, 6.45) is 0. The van der Waals surface area contributed by atoms with Crippen molar-refractivity contribution in [1.82, 2.24) is 0 Å². The SMILES string of the molecule is O=[N+]([O-])O.O=[N+]([O-])O.[SrH2]. The van der Waals surface area contributed by atoms with Crippen LogP contribution < -0.4 is 0 Å². The van der Waals surface area contributed by atoms with Crippen molar-refractivity contribution < 1.29 is 20.6 Å². The molecule has 9 heteroatoms. The van der Waals surface area contributed by atoms with Crippen molar-refractivity contribution in [2.75, 3.05) is 0 Å². The molecule has 0 bridgehead atoms. The predicted octanol–water partition coefficient (Wildman–Crippen LogP) is -1.61. The van der Waals surface area contributed by atoms with Gasteiger partial charge in [0.2, 0.25) is 0 Å². The molecule has 2 N–H and O–H groups in total. The molecular weight excluding hydrogens is 212 g/mol. The monoisotopic (exact) mass is 216 g/mol. The second-order valence-electron chi connectivity index (χ2n) is 0.476. The van der Waals surface area contributed by atoms with E-state index in [9.17, 15) is 0 Å². The van der Waals surface area contributed by atoms with E-state index in [1.807, 2.05) is 0 Å². The average Bonchev–Trinajstić information content (AvgIpc) is 1.25. The fourth-order valence-corrected chi connectivity index (χ4v) is 0. The fraction of sp³-hybridized carbons (Fsp3) is 0. The summed E-state index contributed by atoms with van der Waals surface area (Å²) in [5, 5.41) is 27.3. The summed E-state index contributed by atoms with van der Waals surface area (Å²) in [6.45, 7) is 0. The Morgan fingerprint density at radius 3 is 1.00 bits per heavy atom. The van der Waals surface area contributed by atoms with Crippen LogP contribution in [0.2, 0.25) is 0 Å². The molecule has 8 nitrogen and oxygen atoms in total. The molecule has 0 aliphatic heterocycles. The van der Waals surface area contributed by atoms with E-state index in [0.29, 0.717) is 0 Å². The zero-order valence-corrected chi connectivity index (χ0v) is 3.42. The van der Waals surface area contributed by atoms with E-state index in [1.54, 1.807) is 0 Å². The number of hydrogen-bond acceptors (Lipinski definition) is 4. The van der Waals surface area contributed by atoms with E-state index in [-0.39, 0.29) is 45.5 Å². The quantitative estimate of drug-likeness (QED) is 0.284. The van der Waals surface area contributed by atoms with Crippen molar-refractivity contribution in [1.29, 1.82) is 0 Å². The fourth-order valence-electron chi connectivity index (χ4n) is 0. The Morgan fingerprint density at radius 1 is 1.00 bits per heavy atom.